The lowest BCUT2D eigenvalue weighted by Gasteiger charge is -2.11. The van der Waals surface area contributed by atoms with Crippen molar-refractivity contribution in [1.82, 2.24) is 15.1 Å². The third kappa shape index (κ3) is 3.44. The number of aromatic nitrogens is 2. The zero-order valence-electron chi connectivity index (χ0n) is 14.2. The zero-order valence-corrected chi connectivity index (χ0v) is 14.2. The first-order valence-corrected chi connectivity index (χ1v) is 9.06. The van der Waals surface area contributed by atoms with Crippen molar-refractivity contribution in [2.45, 2.75) is 56.5 Å². The van der Waals surface area contributed by atoms with Gasteiger partial charge in [-0.3, -0.25) is 9.48 Å². The van der Waals surface area contributed by atoms with Gasteiger partial charge < -0.3 is 5.32 Å². The zero-order chi connectivity index (χ0) is 16.5. The van der Waals surface area contributed by atoms with Gasteiger partial charge in [0.1, 0.15) is 0 Å². The van der Waals surface area contributed by atoms with E-state index in [2.05, 4.69) is 22.5 Å². The average Bonchev–Trinajstić information content (AvgIpc) is 2.93. The van der Waals surface area contributed by atoms with Gasteiger partial charge in [0.25, 0.3) is 0 Å². The van der Waals surface area contributed by atoms with Crippen LogP contribution in [0.25, 0.3) is 0 Å². The molecular weight excluding hydrogens is 298 g/mol. The summed E-state index contributed by atoms with van der Waals surface area (Å²) in [6.07, 6.45) is 10.7. The van der Waals surface area contributed by atoms with Gasteiger partial charge in [0.2, 0.25) is 0 Å². The molecule has 126 valence electrons. The lowest BCUT2D eigenvalue weighted by molar-refractivity contribution is 0.0993. The van der Waals surface area contributed by atoms with Crippen LogP contribution in [0.1, 0.15) is 59.5 Å². The molecule has 1 N–H and O–H groups in total. The average molecular weight is 323 g/mol. The molecule has 0 amide bonds. The number of carbonyl (C=O) groups is 1. The van der Waals surface area contributed by atoms with E-state index in [0.717, 1.165) is 17.2 Å². The molecule has 0 aliphatic heterocycles. The summed E-state index contributed by atoms with van der Waals surface area (Å²) in [6, 6.07) is 9.55. The maximum atomic E-state index is 12.5. The van der Waals surface area contributed by atoms with Crippen molar-refractivity contribution in [3.05, 3.63) is 53.3 Å². The fourth-order valence-corrected chi connectivity index (χ4v) is 3.94. The first-order valence-electron chi connectivity index (χ1n) is 9.06. The van der Waals surface area contributed by atoms with E-state index in [9.17, 15) is 4.79 Å². The van der Waals surface area contributed by atoms with Crippen molar-refractivity contribution < 1.29 is 4.79 Å². The highest BCUT2D eigenvalue weighted by Crippen LogP contribution is 2.42. The lowest BCUT2D eigenvalue weighted by Crippen LogP contribution is -2.28. The summed E-state index contributed by atoms with van der Waals surface area (Å²) < 4.78 is 1.74. The number of benzene rings is 1. The molecule has 2 aliphatic carbocycles. The highest BCUT2D eigenvalue weighted by Gasteiger charge is 2.39. The lowest BCUT2D eigenvalue weighted by atomic mass is 10.0. The maximum Gasteiger partial charge on any atom is 0.167 e. The summed E-state index contributed by atoms with van der Waals surface area (Å²) in [5, 5.41) is 7.93. The van der Waals surface area contributed by atoms with E-state index in [1.807, 2.05) is 25.4 Å². The molecule has 24 heavy (non-hydrogen) atoms. The molecule has 2 unspecified atom stereocenters. The molecule has 2 saturated carbocycles. The molecule has 0 bridgehead atoms. The van der Waals surface area contributed by atoms with Crippen LogP contribution in [0.15, 0.2) is 36.7 Å². The largest absolute Gasteiger partial charge is 0.311 e. The molecule has 2 aromatic rings. The molecule has 1 aromatic carbocycles. The number of hydrogen-bond acceptors (Lipinski definition) is 3. The van der Waals surface area contributed by atoms with E-state index in [1.165, 1.54) is 37.7 Å². The van der Waals surface area contributed by atoms with E-state index in [1.54, 1.807) is 10.9 Å². The second-order valence-corrected chi connectivity index (χ2v) is 7.34. The molecule has 0 radical (unpaired) electrons. The normalized spacial score (nSPS) is 23.5. The molecule has 2 atom stereocenters. The minimum atomic E-state index is 0.172. The van der Waals surface area contributed by atoms with Crippen LogP contribution in [0.3, 0.4) is 0 Å². The van der Waals surface area contributed by atoms with Gasteiger partial charge >= 0.3 is 0 Å². The summed E-state index contributed by atoms with van der Waals surface area (Å²) in [4.78, 5) is 12.5. The number of aryl methyl sites for hydroxylation is 1. The first-order chi connectivity index (χ1) is 11.7. The third-order valence-electron chi connectivity index (χ3n) is 5.36. The van der Waals surface area contributed by atoms with Gasteiger partial charge in [-0.25, -0.2) is 0 Å². The second-order valence-electron chi connectivity index (χ2n) is 7.34. The number of hydrogen-bond donors (Lipinski definition) is 1. The fourth-order valence-electron chi connectivity index (χ4n) is 3.94. The number of nitrogens with one attached hydrogen (secondary N) is 1. The van der Waals surface area contributed by atoms with Crippen molar-refractivity contribution in [2.75, 3.05) is 0 Å². The minimum absolute atomic E-state index is 0.172. The Labute approximate surface area is 143 Å². The van der Waals surface area contributed by atoms with Crippen molar-refractivity contribution in [1.29, 1.82) is 0 Å². The number of Topliss-reactive ketones (excluding diaryl/α,β-unsaturated/α-hetero) is 1. The topological polar surface area (TPSA) is 46.9 Å². The van der Waals surface area contributed by atoms with Crippen LogP contribution < -0.4 is 5.32 Å². The standard InChI is InChI=1S/C20H25N3O/c1-23-13-14(12-21-23)9-20(24)16-6-4-5-15(10-16)18-11-19(18)22-17-7-2-3-8-17/h4-6,10,12-13,17-19,22H,2-3,7-9,11H2,1H3. The Bertz CT molecular complexity index is 730. The summed E-state index contributed by atoms with van der Waals surface area (Å²) in [5.74, 6) is 0.752. The smallest absolute Gasteiger partial charge is 0.167 e. The van der Waals surface area contributed by atoms with Gasteiger partial charge in [-0.1, -0.05) is 31.0 Å². The molecule has 2 aliphatic rings. The molecule has 2 fully saturated rings. The van der Waals surface area contributed by atoms with Crippen LogP contribution in [-0.2, 0) is 13.5 Å². The van der Waals surface area contributed by atoms with Crippen molar-refractivity contribution >= 4 is 5.78 Å². The number of nitrogens with zero attached hydrogens (tertiary/aromatic N) is 2. The Morgan fingerprint density at radius 2 is 2.17 bits per heavy atom. The van der Waals surface area contributed by atoms with Crippen LogP contribution in [0.2, 0.25) is 0 Å². The number of rotatable bonds is 6. The van der Waals surface area contributed by atoms with E-state index in [-0.39, 0.29) is 5.78 Å². The Balaban J connectivity index is 1.39. The van der Waals surface area contributed by atoms with Crippen LogP contribution in [0, 0.1) is 0 Å². The Morgan fingerprint density at radius 1 is 1.33 bits per heavy atom. The highest BCUT2D eigenvalue weighted by atomic mass is 16.1. The molecule has 1 heterocycles. The van der Waals surface area contributed by atoms with Crippen LogP contribution in [-0.4, -0.2) is 27.6 Å². The van der Waals surface area contributed by atoms with E-state index in [4.69, 9.17) is 0 Å². The van der Waals surface area contributed by atoms with Crippen LogP contribution >= 0.6 is 0 Å². The van der Waals surface area contributed by atoms with E-state index in [0.29, 0.717) is 18.4 Å². The Hall–Kier alpha value is -1.94. The Kier molecular flexibility index (Phi) is 4.23. The summed E-state index contributed by atoms with van der Waals surface area (Å²) in [5.41, 5.74) is 3.10. The van der Waals surface area contributed by atoms with Crippen molar-refractivity contribution in [3.63, 3.8) is 0 Å². The number of carbonyl (C=O) groups excluding carboxylic acids is 1. The predicted molar refractivity (Wildman–Crippen MR) is 94.2 cm³/mol. The predicted octanol–water partition coefficient (Wildman–Crippen LogP) is 3.23. The molecule has 4 heteroatoms. The third-order valence-corrected chi connectivity index (χ3v) is 5.36. The van der Waals surface area contributed by atoms with E-state index >= 15 is 0 Å². The maximum absolute atomic E-state index is 12.5. The van der Waals surface area contributed by atoms with Crippen molar-refractivity contribution in [2.24, 2.45) is 7.05 Å². The van der Waals surface area contributed by atoms with E-state index < -0.39 is 0 Å². The Morgan fingerprint density at radius 3 is 2.92 bits per heavy atom. The SMILES string of the molecule is Cn1cc(CC(=O)c2cccc(C3CC3NC3CCCC3)c2)cn1. The summed E-state index contributed by atoms with van der Waals surface area (Å²) >= 11 is 0. The quantitative estimate of drug-likeness (QED) is 0.830. The molecule has 0 spiro atoms. The second kappa shape index (κ2) is 6.52. The van der Waals surface area contributed by atoms with Crippen molar-refractivity contribution in [3.8, 4) is 0 Å². The highest BCUT2D eigenvalue weighted by molar-refractivity contribution is 5.97. The molecule has 4 nitrogen and oxygen atoms in total. The fraction of sp³-hybridized carbons (Fsp3) is 0.500. The minimum Gasteiger partial charge on any atom is -0.311 e. The van der Waals surface area contributed by atoms with Gasteiger partial charge in [-0.2, -0.15) is 5.10 Å². The monoisotopic (exact) mass is 323 g/mol. The first kappa shape index (κ1) is 15.6. The molecule has 1 aromatic heterocycles. The van der Waals surface area contributed by atoms with Crippen LogP contribution in [0.5, 0.6) is 0 Å². The van der Waals surface area contributed by atoms with Gasteiger partial charge in [-0.15, -0.1) is 0 Å². The molecule has 0 saturated heterocycles. The summed E-state index contributed by atoms with van der Waals surface area (Å²) in [7, 11) is 1.87. The van der Waals surface area contributed by atoms with Gasteiger partial charge in [0, 0.05) is 43.2 Å². The molecular formula is C20H25N3O. The number of ketones is 1. The van der Waals surface area contributed by atoms with Gasteiger partial charge in [0.05, 0.1) is 6.20 Å². The summed E-state index contributed by atoms with van der Waals surface area (Å²) in [6.45, 7) is 0. The van der Waals surface area contributed by atoms with Gasteiger partial charge in [0.15, 0.2) is 5.78 Å². The molecule has 4 rings (SSSR count). The van der Waals surface area contributed by atoms with Gasteiger partial charge in [-0.05, 0) is 36.5 Å². The van der Waals surface area contributed by atoms with Crippen LogP contribution in [0.4, 0.5) is 0 Å².